The average molecular weight is 347 g/mol. The fraction of sp³-hybridized carbons (Fsp3) is 0.650. The summed E-state index contributed by atoms with van der Waals surface area (Å²) in [6.45, 7) is 12.6. The lowest BCUT2D eigenvalue weighted by Gasteiger charge is -2.15. The Kier molecular flexibility index (Phi) is 8.06. The van der Waals surface area contributed by atoms with E-state index in [4.69, 9.17) is 9.73 Å². The number of nitrogens with zero attached hydrogens (tertiary/aromatic N) is 2. The van der Waals surface area contributed by atoms with Gasteiger partial charge in [-0.3, -0.25) is 4.99 Å². The van der Waals surface area contributed by atoms with Crippen LogP contribution in [0.5, 0.6) is 5.75 Å². The summed E-state index contributed by atoms with van der Waals surface area (Å²) < 4.78 is 5.46. The summed E-state index contributed by atoms with van der Waals surface area (Å²) in [5.41, 5.74) is 2.50. The molecule has 5 nitrogen and oxygen atoms in total. The molecule has 1 fully saturated rings. The van der Waals surface area contributed by atoms with Crippen LogP contribution in [0.25, 0.3) is 0 Å². The zero-order valence-corrected chi connectivity index (χ0v) is 16.3. The van der Waals surface area contributed by atoms with Gasteiger partial charge in [-0.15, -0.1) is 0 Å². The summed E-state index contributed by atoms with van der Waals surface area (Å²) in [5, 5.41) is 6.81. The van der Waals surface area contributed by atoms with Crippen LogP contribution in [-0.4, -0.2) is 57.2 Å². The maximum atomic E-state index is 5.46. The van der Waals surface area contributed by atoms with Crippen LogP contribution in [0.3, 0.4) is 0 Å². The van der Waals surface area contributed by atoms with Gasteiger partial charge in [-0.1, -0.05) is 24.6 Å². The molecule has 0 bridgehead atoms. The molecule has 1 unspecified atom stereocenters. The molecule has 1 heterocycles. The number of methoxy groups -OCH3 is 1. The van der Waals surface area contributed by atoms with Crippen molar-refractivity contribution in [2.45, 2.75) is 33.6 Å². The van der Waals surface area contributed by atoms with E-state index in [-0.39, 0.29) is 0 Å². The molecule has 1 aliphatic rings. The van der Waals surface area contributed by atoms with Crippen molar-refractivity contribution in [2.75, 3.05) is 46.4 Å². The van der Waals surface area contributed by atoms with Crippen molar-refractivity contribution in [1.82, 2.24) is 15.5 Å². The molecule has 2 N–H and O–H groups in total. The number of hydrogen-bond donors (Lipinski definition) is 2. The van der Waals surface area contributed by atoms with E-state index in [1.807, 2.05) is 6.07 Å². The first-order valence-electron chi connectivity index (χ1n) is 9.54. The van der Waals surface area contributed by atoms with Gasteiger partial charge in [0.1, 0.15) is 5.75 Å². The summed E-state index contributed by atoms with van der Waals surface area (Å²) >= 11 is 0. The Labute approximate surface area is 152 Å². The van der Waals surface area contributed by atoms with E-state index in [1.54, 1.807) is 7.11 Å². The van der Waals surface area contributed by atoms with E-state index in [2.05, 4.69) is 48.4 Å². The molecule has 1 atom stereocenters. The minimum absolute atomic E-state index is 0.687. The second-order valence-corrected chi connectivity index (χ2v) is 6.76. The SMILES string of the molecule is CCNC(=NCC1CCN(CC)C1)NCCc1cc(C)ccc1OC. The van der Waals surface area contributed by atoms with Crippen molar-refractivity contribution in [3.05, 3.63) is 29.3 Å². The van der Waals surface area contributed by atoms with E-state index in [9.17, 15) is 0 Å². The van der Waals surface area contributed by atoms with Crippen molar-refractivity contribution in [2.24, 2.45) is 10.9 Å². The maximum Gasteiger partial charge on any atom is 0.191 e. The van der Waals surface area contributed by atoms with Crippen molar-refractivity contribution in [3.8, 4) is 5.75 Å². The fourth-order valence-corrected chi connectivity index (χ4v) is 3.33. The second kappa shape index (κ2) is 10.3. The Morgan fingerprint density at radius 1 is 1.32 bits per heavy atom. The third-order valence-corrected chi connectivity index (χ3v) is 4.79. The van der Waals surface area contributed by atoms with E-state index in [0.717, 1.165) is 44.3 Å². The smallest absolute Gasteiger partial charge is 0.191 e. The molecule has 0 spiro atoms. The van der Waals surface area contributed by atoms with Crippen molar-refractivity contribution in [1.29, 1.82) is 0 Å². The third kappa shape index (κ3) is 6.24. The summed E-state index contributed by atoms with van der Waals surface area (Å²) in [6, 6.07) is 6.33. The molecule has 0 radical (unpaired) electrons. The summed E-state index contributed by atoms with van der Waals surface area (Å²) in [7, 11) is 1.73. The molecular formula is C20H34N4O. The number of nitrogens with one attached hydrogen (secondary N) is 2. The predicted molar refractivity (Wildman–Crippen MR) is 106 cm³/mol. The first kappa shape index (κ1) is 19.6. The fourth-order valence-electron chi connectivity index (χ4n) is 3.33. The van der Waals surface area contributed by atoms with Crippen LogP contribution in [0, 0.1) is 12.8 Å². The molecule has 0 amide bonds. The number of likely N-dealkylation sites (tertiary alicyclic amines) is 1. The highest BCUT2D eigenvalue weighted by atomic mass is 16.5. The Balaban J connectivity index is 1.85. The molecule has 0 aromatic heterocycles. The molecule has 0 saturated carbocycles. The quantitative estimate of drug-likeness (QED) is 0.561. The normalized spacial score (nSPS) is 18.4. The van der Waals surface area contributed by atoms with E-state index < -0.39 is 0 Å². The zero-order valence-electron chi connectivity index (χ0n) is 16.3. The molecule has 1 aliphatic heterocycles. The number of hydrogen-bond acceptors (Lipinski definition) is 3. The number of benzene rings is 1. The maximum absolute atomic E-state index is 5.46. The van der Waals surface area contributed by atoms with Crippen LogP contribution < -0.4 is 15.4 Å². The van der Waals surface area contributed by atoms with Gasteiger partial charge in [0.05, 0.1) is 7.11 Å². The van der Waals surface area contributed by atoms with Gasteiger partial charge in [-0.25, -0.2) is 0 Å². The molecule has 1 aromatic rings. The highest BCUT2D eigenvalue weighted by Gasteiger charge is 2.20. The van der Waals surface area contributed by atoms with Gasteiger partial charge in [0.15, 0.2) is 5.96 Å². The minimum atomic E-state index is 0.687. The van der Waals surface area contributed by atoms with Crippen LogP contribution in [0.1, 0.15) is 31.4 Å². The van der Waals surface area contributed by atoms with Crippen molar-refractivity contribution >= 4 is 5.96 Å². The molecule has 5 heteroatoms. The van der Waals surface area contributed by atoms with Gasteiger partial charge in [0.25, 0.3) is 0 Å². The van der Waals surface area contributed by atoms with Crippen LogP contribution >= 0.6 is 0 Å². The van der Waals surface area contributed by atoms with Crippen LogP contribution in [0.15, 0.2) is 23.2 Å². The zero-order chi connectivity index (χ0) is 18.1. The first-order chi connectivity index (χ1) is 12.2. The van der Waals surface area contributed by atoms with Crippen LogP contribution in [0.2, 0.25) is 0 Å². The number of aryl methyl sites for hydroxylation is 1. The lowest BCUT2D eigenvalue weighted by atomic mass is 10.1. The molecule has 25 heavy (non-hydrogen) atoms. The molecule has 140 valence electrons. The summed E-state index contributed by atoms with van der Waals surface area (Å²) in [5.74, 6) is 2.57. The number of rotatable bonds is 8. The molecule has 1 saturated heterocycles. The molecule has 1 aromatic carbocycles. The topological polar surface area (TPSA) is 48.9 Å². The monoisotopic (exact) mass is 346 g/mol. The van der Waals surface area contributed by atoms with Gasteiger partial charge in [-0.05, 0) is 57.3 Å². The lowest BCUT2D eigenvalue weighted by Crippen LogP contribution is -2.38. The summed E-state index contributed by atoms with van der Waals surface area (Å²) in [4.78, 5) is 7.30. The highest BCUT2D eigenvalue weighted by molar-refractivity contribution is 5.79. The second-order valence-electron chi connectivity index (χ2n) is 6.76. The van der Waals surface area contributed by atoms with Crippen molar-refractivity contribution in [3.63, 3.8) is 0 Å². The van der Waals surface area contributed by atoms with Gasteiger partial charge in [0, 0.05) is 26.2 Å². The first-order valence-corrected chi connectivity index (χ1v) is 9.54. The Hall–Kier alpha value is -1.75. The lowest BCUT2D eigenvalue weighted by molar-refractivity contribution is 0.343. The Morgan fingerprint density at radius 3 is 2.84 bits per heavy atom. The number of aliphatic imine (C=N–C) groups is 1. The van der Waals surface area contributed by atoms with Crippen molar-refractivity contribution < 1.29 is 4.74 Å². The van der Waals surface area contributed by atoms with Gasteiger partial charge < -0.3 is 20.3 Å². The highest BCUT2D eigenvalue weighted by Crippen LogP contribution is 2.19. The van der Waals surface area contributed by atoms with E-state index >= 15 is 0 Å². The number of guanidine groups is 1. The van der Waals surface area contributed by atoms with E-state index in [0.29, 0.717) is 5.92 Å². The number of ether oxygens (including phenoxy) is 1. The van der Waals surface area contributed by atoms with Gasteiger partial charge >= 0.3 is 0 Å². The molecule has 2 rings (SSSR count). The third-order valence-electron chi connectivity index (χ3n) is 4.79. The molecule has 0 aliphatic carbocycles. The summed E-state index contributed by atoms with van der Waals surface area (Å²) in [6.07, 6.45) is 2.18. The minimum Gasteiger partial charge on any atom is -0.496 e. The Morgan fingerprint density at radius 2 is 2.16 bits per heavy atom. The largest absolute Gasteiger partial charge is 0.496 e. The predicted octanol–water partition coefficient (Wildman–Crippen LogP) is 2.44. The Bertz CT molecular complexity index is 559. The van der Waals surface area contributed by atoms with Crippen LogP contribution in [0.4, 0.5) is 0 Å². The average Bonchev–Trinajstić information content (AvgIpc) is 3.08. The van der Waals surface area contributed by atoms with Gasteiger partial charge in [0.2, 0.25) is 0 Å². The van der Waals surface area contributed by atoms with Crippen LogP contribution in [-0.2, 0) is 6.42 Å². The van der Waals surface area contributed by atoms with Gasteiger partial charge in [-0.2, -0.15) is 0 Å². The standard InChI is InChI=1S/C20H34N4O/c1-5-21-20(23-14-17-10-12-24(6-2)15-17)22-11-9-18-13-16(3)7-8-19(18)25-4/h7-8,13,17H,5-6,9-12,14-15H2,1-4H3,(H2,21,22,23). The molecular weight excluding hydrogens is 312 g/mol. The van der Waals surface area contributed by atoms with E-state index in [1.165, 1.54) is 30.6 Å².